The van der Waals surface area contributed by atoms with Gasteiger partial charge in [0.25, 0.3) is 20.0 Å². The molecule has 0 spiro atoms. The van der Waals surface area contributed by atoms with E-state index in [1.165, 1.54) is 36.7 Å². The predicted octanol–water partition coefficient (Wildman–Crippen LogP) is 7.27. The smallest absolute Gasteiger partial charge is 0.263 e. The number of hydrogen-bond donors (Lipinski definition) is 4. The Balaban J connectivity index is 1.17. The highest BCUT2D eigenvalue weighted by atomic mass is 32.2. The normalized spacial score (nSPS) is 11.5. The van der Waals surface area contributed by atoms with E-state index in [9.17, 15) is 27.0 Å². The van der Waals surface area contributed by atoms with Crippen molar-refractivity contribution in [3.63, 3.8) is 0 Å². The zero-order valence-corrected chi connectivity index (χ0v) is 30.3. The molecule has 12 heteroatoms. The summed E-state index contributed by atoms with van der Waals surface area (Å²) in [6, 6.07) is 29.7. The number of benzene rings is 4. The molecule has 0 saturated carbocycles. The topological polar surface area (TPSA) is 159 Å². The molecule has 6 rings (SSSR count). The summed E-state index contributed by atoms with van der Waals surface area (Å²) in [5, 5.41) is 21.9. The van der Waals surface area contributed by atoms with Crippen LogP contribution in [-0.4, -0.2) is 37.0 Å². The lowest BCUT2D eigenvalue weighted by atomic mass is 9.95. The molecule has 0 aliphatic rings. The van der Waals surface area contributed by atoms with Crippen molar-refractivity contribution < 1.29 is 27.0 Å². The Kier molecular flexibility index (Phi) is 10.6. The molecule has 0 radical (unpaired) electrons. The van der Waals surface area contributed by atoms with Gasteiger partial charge in [0.05, 0.1) is 9.79 Å². The van der Waals surface area contributed by atoms with Gasteiger partial charge in [-0.1, -0.05) is 48.3 Å². The molecule has 0 unspecified atom stereocenters. The second kappa shape index (κ2) is 15.4. The second-order valence-corrected chi connectivity index (χ2v) is 15.5. The summed E-state index contributed by atoms with van der Waals surface area (Å²) in [7, 11) is -7.63. The Morgan fingerprint density at radius 3 is 1.62 bits per heavy atom. The van der Waals surface area contributed by atoms with Crippen LogP contribution in [0.2, 0.25) is 0 Å². The van der Waals surface area contributed by atoms with Gasteiger partial charge in [0.2, 0.25) is 0 Å². The Morgan fingerprint density at radius 2 is 1.08 bits per heavy atom. The standard InChI is InChI=1S/C41H34N4O6S2/c1-28-23-32(11-9-30-13-17-36(18-14-30)52(48,49)44-38-7-3-5-21-42-38)25-34(40(28)46)27-35-26-33(24-29(2)41(35)47)12-10-31-15-19-37(20-16-31)53(50,51)45-39-8-4-6-22-43-39/h3-9,11,13-26,46-47H,27H2,1-2H3,(H,42,44)(H,43,45)/b11-9+. The number of hydrogen-bond acceptors (Lipinski definition) is 8. The minimum atomic E-state index is -3.82. The van der Waals surface area contributed by atoms with Crippen LogP contribution in [0.1, 0.15) is 44.5 Å². The van der Waals surface area contributed by atoms with E-state index >= 15 is 0 Å². The Bertz CT molecular complexity index is 2580. The number of sulfonamides is 2. The number of aryl methyl sites for hydroxylation is 2. The van der Waals surface area contributed by atoms with Gasteiger partial charge < -0.3 is 10.2 Å². The number of anilines is 2. The van der Waals surface area contributed by atoms with Gasteiger partial charge >= 0.3 is 0 Å². The fraction of sp³-hybridized carbons (Fsp3) is 0.0732. The largest absolute Gasteiger partial charge is 0.507 e. The van der Waals surface area contributed by atoms with Gasteiger partial charge in [-0.15, -0.1) is 0 Å². The van der Waals surface area contributed by atoms with Crippen molar-refractivity contribution in [2.24, 2.45) is 0 Å². The van der Waals surface area contributed by atoms with Gasteiger partial charge in [-0.3, -0.25) is 9.44 Å². The number of nitrogens with zero attached hydrogens (tertiary/aromatic N) is 2. The number of nitrogens with one attached hydrogen (secondary N) is 2. The zero-order chi connectivity index (χ0) is 37.6. The second-order valence-electron chi connectivity index (χ2n) is 12.1. The molecule has 0 aliphatic heterocycles. The van der Waals surface area contributed by atoms with Gasteiger partial charge in [-0.2, -0.15) is 0 Å². The molecule has 4 aromatic carbocycles. The maximum absolute atomic E-state index is 12.8. The van der Waals surface area contributed by atoms with Crippen molar-refractivity contribution in [2.75, 3.05) is 9.44 Å². The summed E-state index contributed by atoms with van der Waals surface area (Å²) in [6.45, 7) is 3.57. The van der Waals surface area contributed by atoms with Gasteiger partial charge in [0.15, 0.2) is 0 Å². The maximum atomic E-state index is 12.8. The minimum absolute atomic E-state index is 0.0713. The van der Waals surface area contributed by atoms with Crippen LogP contribution in [0.15, 0.2) is 131 Å². The summed E-state index contributed by atoms with van der Waals surface area (Å²) in [6.07, 6.45) is 6.93. The summed E-state index contributed by atoms with van der Waals surface area (Å²) < 4.78 is 55.9. The van der Waals surface area contributed by atoms with E-state index in [1.54, 1.807) is 86.6 Å². The Labute approximate surface area is 308 Å². The first-order valence-corrected chi connectivity index (χ1v) is 19.3. The first-order valence-electron chi connectivity index (χ1n) is 16.3. The quantitative estimate of drug-likeness (QED) is 0.0843. The fourth-order valence-electron chi connectivity index (χ4n) is 5.43. The molecule has 0 fully saturated rings. The zero-order valence-electron chi connectivity index (χ0n) is 28.6. The van der Waals surface area contributed by atoms with Gasteiger partial charge in [0, 0.05) is 29.9 Å². The summed E-state index contributed by atoms with van der Waals surface area (Å²) in [5.41, 5.74) is 5.24. The molecular formula is C41H34N4O6S2. The summed E-state index contributed by atoms with van der Waals surface area (Å²) in [5.74, 6) is 6.80. The number of pyridine rings is 2. The van der Waals surface area contributed by atoms with E-state index < -0.39 is 20.0 Å². The van der Waals surface area contributed by atoms with Gasteiger partial charge in [0.1, 0.15) is 23.1 Å². The third-order valence-corrected chi connectivity index (χ3v) is 10.9. The van der Waals surface area contributed by atoms with Gasteiger partial charge in [-0.25, -0.2) is 26.8 Å². The summed E-state index contributed by atoms with van der Waals surface area (Å²) in [4.78, 5) is 8.18. The molecule has 2 heterocycles. The van der Waals surface area contributed by atoms with E-state index in [0.717, 1.165) is 11.1 Å². The number of aromatic nitrogens is 2. The number of phenols is 2. The molecule has 53 heavy (non-hydrogen) atoms. The molecular weight excluding hydrogens is 709 g/mol. The van der Waals surface area contributed by atoms with Crippen LogP contribution in [-0.2, 0) is 26.5 Å². The molecule has 2 aromatic heterocycles. The van der Waals surface area contributed by atoms with E-state index in [1.807, 2.05) is 24.3 Å². The minimum Gasteiger partial charge on any atom is -0.507 e. The lowest BCUT2D eigenvalue weighted by Crippen LogP contribution is -2.13. The van der Waals surface area contributed by atoms with Crippen LogP contribution >= 0.6 is 0 Å². The first kappa shape index (κ1) is 36.4. The molecule has 0 amide bonds. The monoisotopic (exact) mass is 742 g/mol. The van der Waals surface area contributed by atoms with Crippen molar-refractivity contribution in [2.45, 2.75) is 30.1 Å². The third kappa shape index (κ3) is 9.09. The van der Waals surface area contributed by atoms with E-state index in [4.69, 9.17) is 0 Å². The van der Waals surface area contributed by atoms with Crippen molar-refractivity contribution in [1.82, 2.24) is 9.97 Å². The van der Waals surface area contributed by atoms with Crippen LogP contribution in [0.5, 0.6) is 11.5 Å². The maximum Gasteiger partial charge on any atom is 0.263 e. The highest BCUT2D eigenvalue weighted by molar-refractivity contribution is 7.93. The fourth-order valence-corrected chi connectivity index (χ4v) is 7.45. The van der Waals surface area contributed by atoms with Crippen LogP contribution in [0.4, 0.5) is 11.6 Å². The first-order chi connectivity index (χ1) is 25.4. The Morgan fingerprint density at radius 1 is 0.585 bits per heavy atom. The van der Waals surface area contributed by atoms with E-state index in [-0.39, 0.29) is 39.3 Å². The van der Waals surface area contributed by atoms with E-state index in [0.29, 0.717) is 33.4 Å². The highest BCUT2D eigenvalue weighted by Gasteiger charge is 2.16. The Hall–Kier alpha value is -6.42. The predicted molar refractivity (Wildman–Crippen MR) is 206 cm³/mol. The van der Waals surface area contributed by atoms with E-state index in [2.05, 4.69) is 31.3 Å². The molecule has 0 bridgehead atoms. The molecule has 6 aromatic rings. The van der Waals surface area contributed by atoms with Crippen molar-refractivity contribution in [1.29, 1.82) is 0 Å². The third-order valence-electron chi connectivity index (χ3n) is 8.14. The lowest BCUT2D eigenvalue weighted by Gasteiger charge is -2.12. The number of rotatable bonds is 10. The molecule has 0 atom stereocenters. The molecule has 0 aliphatic carbocycles. The summed E-state index contributed by atoms with van der Waals surface area (Å²) >= 11 is 0. The number of aromatic hydroxyl groups is 2. The average molecular weight is 743 g/mol. The van der Waals surface area contributed by atoms with Crippen molar-refractivity contribution >= 4 is 43.8 Å². The van der Waals surface area contributed by atoms with Crippen LogP contribution < -0.4 is 9.44 Å². The molecule has 266 valence electrons. The SMILES string of the molecule is Cc1cc(C#Cc2ccc(S(=O)(=O)Nc3ccccn3)cc2)cc(Cc2cc(/C=C/c3ccc(S(=O)(=O)Nc4ccccn4)cc3)cc(C)c2O)c1O. The molecule has 0 saturated heterocycles. The molecule has 4 N–H and O–H groups in total. The van der Waals surface area contributed by atoms with Crippen LogP contribution in [0.25, 0.3) is 12.2 Å². The van der Waals surface area contributed by atoms with Crippen LogP contribution in [0.3, 0.4) is 0 Å². The van der Waals surface area contributed by atoms with Crippen LogP contribution in [0, 0.1) is 25.7 Å². The molecule has 10 nitrogen and oxygen atoms in total. The number of phenolic OH excluding ortho intramolecular Hbond substituents is 2. The average Bonchev–Trinajstić information content (AvgIpc) is 3.14. The van der Waals surface area contributed by atoms with Crippen molar-refractivity contribution in [3.05, 3.63) is 166 Å². The highest BCUT2D eigenvalue weighted by Crippen LogP contribution is 2.32. The van der Waals surface area contributed by atoms with Crippen molar-refractivity contribution in [3.8, 4) is 23.3 Å². The lowest BCUT2D eigenvalue weighted by molar-refractivity contribution is 0.458. The van der Waals surface area contributed by atoms with Gasteiger partial charge in [-0.05, 0) is 132 Å².